The molecule has 3 N–H and O–H groups in total. The predicted octanol–water partition coefficient (Wildman–Crippen LogP) is 1.90. The monoisotopic (exact) mass is 540 g/mol. The number of likely N-dealkylation sites (tertiary alicyclic amines) is 1. The van der Waals surface area contributed by atoms with Crippen molar-refractivity contribution in [1.29, 1.82) is 0 Å². The fourth-order valence-corrected chi connectivity index (χ4v) is 6.23. The van der Waals surface area contributed by atoms with E-state index in [1.54, 1.807) is 24.3 Å². The second-order valence-corrected chi connectivity index (χ2v) is 9.71. The molecule has 180 valence electrons. The number of carbonyl (C=O) groups excluding carboxylic acids is 5. The fraction of sp³-hybridized carbons (Fsp3) is 0.320. The van der Waals surface area contributed by atoms with E-state index in [2.05, 4.69) is 15.9 Å². The number of para-hydroxylation sites is 1. The number of rotatable bonds is 4. The van der Waals surface area contributed by atoms with Crippen molar-refractivity contribution in [2.45, 2.75) is 18.8 Å². The average molecular weight is 541 g/mol. The molecule has 0 spiro atoms. The van der Waals surface area contributed by atoms with Gasteiger partial charge in [0.1, 0.15) is 12.4 Å². The summed E-state index contributed by atoms with van der Waals surface area (Å²) in [5, 5.41) is 9.27. The highest BCUT2D eigenvalue weighted by atomic mass is 79.9. The van der Waals surface area contributed by atoms with E-state index in [0.29, 0.717) is 21.8 Å². The van der Waals surface area contributed by atoms with Crippen LogP contribution in [0, 0.1) is 17.8 Å². The second-order valence-electron chi connectivity index (χ2n) is 8.85. The normalized spacial score (nSPS) is 27.8. The summed E-state index contributed by atoms with van der Waals surface area (Å²) in [6, 6.07) is 5.89. The van der Waals surface area contributed by atoms with Gasteiger partial charge in [0.15, 0.2) is 11.6 Å². The Labute approximate surface area is 208 Å². The minimum Gasteiger partial charge on any atom is -0.491 e. The van der Waals surface area contributed by atoms with Gasteiger partial charge in [-0.15, -0.1) is 0 Å². The summed E-state index contributed by atoms with van der Waals surface area (Å²) in [5.74, 6) is -4.49. The van der Waals surface area contributed by atoms with Crippen LogP contribution in [-0.2, 0) is 19.2 Å². The lowest BCUT2D eigenvalue weighted by Gasteiger charge is -2.42. The molecule has 4 amide bonds. The number of halogens is 1. The number of carbonyl (C=O) groups is 5. The molecular weight excluding hydrogens is 520 g/mol. The highest BCUT2D eigenvalue weighted by Crippen LogP contribution is 2.56. The maximum absolute atomic E-state index is 13.2. The minimum atomic E-state index is -1.12. The number of Topliss-reactive ketones (excluding diaryl/α,β-unsaturated/α-hetero) is 1. The Morgan fingerprint density at radius 2 is 1.89 bits per heavy atom. The third-order valence-electron chi connectivity index (χ3n) is 7.13. The Bertz CT molecular complexity index is 1290. The number of fused-ring (bicyclic) bond motifs is 3. The molecule has 1 saturated heterocycles. The smallest absolute Gasteiger partial charge is 0.328 e. The molecule has 1 aromatic carbocycles. The van der Waals surface area contributed by atoms with Crippen molar-refractivity contribution in [3.8, 4) is 5.75 Å². The standard InChI is InChI=1S/C25H21BrN2O7/c26-16-10-17(30)21-15(22(16)31)9-14-11(19(21)12-3-1-2-4-18(12)35-8-7-29)5-6-13-20(14)24(33)28(23(13)32)25(27)34/h1-5,10,13-14,19-20,29H,6-9H2,(H2,27,34). The molecule has 4 atom stereocenters. The van der Waals surface area contributed by atoms with Gasteiger partial charge < -0.3 is 15.6 Å². The molecule has 1 aromatic rings. The van der Waals surface area contributed by atoms with E-state index in [4.69, 9.17) is 10.5 Å². The molecule has 0 saturated carbocycles. The molecule has 1 fully saturated rings. The molecule has 1 aliphatic heterocycles. The number of allylic oxidation sites excluding steroid dienone is 6. The molecule has 4 aliphatic rings. The van der Waals surface area contributed by atoms with Gasteiger partial charge in [0.25, 0.3) is 0 Å². The van der Waals surface area contributed by atoms with Crippen LogP contribution in [0.1, 0.15) is 24.3 Å². The number of benzene rings is 1. The number of ketones is 2. The van der Waals surface area contributed by atoms with E-state index in [-0.39, 0.29) is 47.7 Å². The Balaban J connectivity index is 1.69. The highest BCUT2D eigenvalue weighted by molar-refractivity contribution is 9.12. The fourth-order valence-electron chi connectivity index (χ4n) is 5.79. The van der Waals surface area contributed by atoms with Crippen LogP contribution < -0.4 is 10.5 Å². The molecule has 10 heteroatoms. The summed E-state index contributed by atoms with van der Waals surface area (Å²) in [4.78, 5) is 64.8. The third kappa shape index (κ3) is 3.51. The van der Waals surface area contributed by atoms with Gasteiger partial charge in [-0.1, -0.05) is 29.8 Å². The van der Waals surface area contributed by atoms with Crippen molar-refractivity contribution in [3.05, 3.63) is 63.2 Å². The summed E-state index contributed by atoms with van der Waals surface area (Å²) in [7, 11) is 0. The van der Waals surface area contributed by atoms with Crippen LogP contribution >= 0.6 is 15.9 Å². The van der Waals surface area contributed by atoms with E-state index in [9.17, 15) is 29.1 Å². The number of urea groups is 1. The SMILES string of the molecule is NC(=O)N1C(=O)C2CC=C3C(c4ccccc4OCCO)C4=C(CC3C2C1=O)C(=O)C(Br)=CC4=O. The van der Waals surface area contributed by atoms with Gasteiger partial charge in [-0.3, -0.25) is 19.2 Å². The van der Waals surface area contributed by atoms with Crippen LogP contribution in [-0.4, -0.2) is 52.6 Å². The number of aliphatic hydroxyl groups excluding tert-OH is 1. The van der Waals surface area contributed by atoms with Crippen LogP contribution in [0.4, 0.5) is 4.79 Å². The number of aliphatic hydroxyl groups is 1. The quantitative estimate of drug-likeness (QED) is 0.337. The van der Waals surface area contributed by atoms with Crippen molar-refractivity contribution < 1.29 is 33.8 Å². The van der Waals surface area contributed by atoms with Crippen LogP contribution in [0.25, 0.3) is 0 Å². The van der Waals surface area contributed by atoms with Crippen LogP contribution in [0.15, 0.2) is 57.6 Å². The number of amides is 4. The Kier molecular flexibility index (Phi) is 5.80. The number of nitrogens with two attached hydrogens (primary N) is 1. The minimum absolute atomic E-state index is 0.0295. The van der Waals surface area contributed by atoms with Gasteiger partial charge in [0, 0.05) is 28.7 Å². The second kappa shape index (κ2) is 8.69. The van der Waals surface area contributed by atoms with E-state index < -0.39 is 41.5 Å². The largest absolute Gasteiger partial charge is 0.491 e. The molecule has 1 heterocycles. The van der Waals surface area contributed by atoms with Crippen molar-refractivity contribution in [2.75, 3.05) is 13.2 Å². The van der Waals surface area contributed by atoms with Gasteiger partial charge in [0.05, 0.1) is 22.9 Å². The van der Waals surface area contributed by atoms with Crippen molar-refractivity contribution >= 4 is 45.3 Å². The summed E-state index contributed by atoms with van der Waals surface area (Å²) in [6.45, 7) is -0.184. The zero-order valence-electron chi connectivity index (χ0n) is 18.4. The number of primary amides is 1. The predicted molar refractivity (Wildman–Crippen MR) is 125 cm³/mol. The van der Waals surface area contributed by atoms with Gasteiger partial charge in [-0.05, 0) is 40.8 Å². The molecule has 5 rings (SSSR count). The van der Waals surface area contributed by atoms with E-state index in [0.717, 1.165) is 5.57 Å². The summed E-state index contributed by atoms with van der Waals surface area (Å²) in [6.07, 6.45) is 3.36. The number of hydrogen-bond acceptors (Lipinski definition) is 7. The van der Waals surface area contributed by atoms with Crippen LogP contribution in [0.5, 0.6) is 5.75 Å². The molecule has 35 heavy (non-hydrogen) atoms. The van der Waals surface area contributed by atoms with Crippen molar-refractivity contribution in [1.82, 2.24) is 4.90 Å². The number of hydrogen-bond donors (Lipinski definition) is 2. The number of ether oxygens (including phenoxy) is 1. The molecular formula is C25H21BrN2O7. The molecule has 4 unspecified atom stereocenters. The lowest BCUT2D eigenvalue weighted by Crippen LogP contribution is -2.42. The van der Waals surface area contributed by atoms with E-state index in [1.807, 2.05) is 6.08 Å². The Hall–Kier alpha value is -3.37. The molecule has 3 aliphatic carbocycles. The molecule has 9 nitrogen and oxygen atoms in total. The summed E-state index contributed by atoms with van der Waals surface area (Å²) < 4.78 is 5.87. The number of imide groups is 3. The van der Waals surface area contributed by atoms with Crippen LogP contribution in [0.3, 0.4) is 0 Å². The van der Waals surface area contributed by atoms with Crippen molar-refractivity contribution in [3.63, 3.8) is 0 Å². The third-order valence-corrected chi connectivity index (χ3v) is 7.72. The van der Waals surface area contributed by atoms with Gasteiger partial charge >= 0.3 is 6.03 Å². The first-order chi connectivity index (χ1) is 16.8. The Morgan fingerprint density at radius 1 is 1.14 bits per heavy atom. The highest BCUT2D eigenvalue weighted by Gasteiger charge is 2.57. The zero-order valence-corrected chi connectivity index (χ0v) is 20.0. The van der Waals surface area contributed by atoms with E-state index in [1.165, 1.54) is 6.08 Å². The van der Waals surface area contributed by atoms with Gasteiger partial charge in [-0.2, -0.15) is 4.90 Å². The van der Waals surface area contributed by atoms with Gasteiger partial charge in [-0.25, -0.2) is 4.79 Å². The average Bonchev–Trinajstić information content (AvgIpc) is 3.10. The van der Waals surface area contributed by atoms with Crippen molar-refractivity contribution in [2.24, 2.45) is 23.5 Å². The first kappa shape index (κ1) is 23.4. The lowest BCUT2D eigenvalue weighted by molar-refractivity contribution is -0.136. The molecule has 0 radical (unpaired) electrons. The topological polar surface area (TPSA) is 144 Å². The Morgan fingerprint density at radius 3 is 2.60 bits per heavy atom. The molecule has 0 bridgehead atoms. The van der Waals surface area contributed by atoms with Gasteiger partial charge in [0.2, 0.25) is 11.8 Å². The first-order valence-electron chi connectivity index (χ1n) is 11.1. The number of nitrogens with zero attached hydrogens (tertiary/aromatic N) is 1. The maximum atomic E-state index is 13.2. The molecule has 0 aromatic heterocycles. The zero-order chi connectivity index (χ0) is 25.0. The van der Waals surface area contributed by atoms with E-state index >= 15 is 0 Å². The van der Waals surface area contributed by atoms with Crippen LogP contribution in [0.2, 0.25) is 0 Å². The first-order valence-corrected chi connectivity index (χ1v) is 11.9. The maximum Gasteiger partial charge on any atom is 0.328 e. The lowest BCUT2D eigenvalue weighted by atomic mass is 9.59. The summed E-state index contributed by atoms with van der Waals surface area (Å²) >= 11 is 3.17. The summed E-state index contributed by atoms with van der Waals surface area (Å²) in [5.41, 5.74) is 7.24.